The lowest BCUT2D eigenvalue weighted by atomic mass is 9.90. The molecule has 0 radical (unpaired) electrons. The van der Waals surface area contributed by atoms with Crippen LogP contribution in [0.25, 0.3) is 0 Å². The summed E-state index contributed by atoms with van der Waals surface area (Å²) in [5.74, 6) is -1.29. The van der Waals surface area contributed by atoms with Gasteiger partial charge in [0, 0.05) is 37.5 Å². The van der Waals surface area contributed by atoms with E-state index in [2.05, 4.69) is 26.3 Å². The Labute approximate surface area is 314 Å². The van der Waals surface area contributed by atoms with Crippen LogP contribution in [0.1, 0.15) is 85.0 Å². The molecule has 0 bridgehead atoms. The van der Waals surface area contributed by atoms with Crippen molar-refractivity contribution in [3.63, 3.8) is 0 Å². The molecular formula is C38H50N8O8. The van der Waals surface area contributed by atoms with E-state index in [1.807, 2.05) is 6.92 Å². The first-order valence-corrected chi connectivity index (χ1v) is 18.4. The Morgan fingerprint density at radius 3 is 2.30 bits per heavy atom. The van der Waals surface area contributed by atoms with E-state index in [9.17, 15) is 38.4 Å². The number of carbonyl (C=O) groups excluding carboxylic acids is 8. The van der Waals surface area contributed by atoms with Gasteiger partial charge in [-0.2, -0.15) is 0 Å². The minimum absolute atomic E-state index is 0.200. The number of likely N-dealkylation sites (N-methyl/N-ethyl adjacent to an activating group) is 1. The predicted octanol–water partition coefficient (Wildman–Crippen LogP) is 1.08. The summed E-state index contributed by atoms with van der Waals surface area (Å²) >= 11 is 0. The standard InChI is InChI=1S/C38H50N8O8/c1-5-12-30(36(52)39-22-48)46-24(3)41-35-26(38(46)54)14-11-16-28(35)43-32(50)18-9-7-6-8-17-31(49)42-27-15-10-13-25(21-47)34(27)40-23(2)45(4)29-19-20-33(51)44-37(29)53/h10-11,13-16,21-22,27-30,34-35H,5-9,12,17-20H2,1-4H3,(H,42,49)(H,43,50)(H,39,48,52)(H,44,51,53). The second-order valence-corrected chi connectivity index (χ2v) is 13.7. The molecule has 7 amide bonds. The highest BCUT2D eigenvalue weighted by Gasteiger charge is 2.41. The number of aldehydes is 1. The molecule has 54 heavy (non-hydrogen) atoms. The molecule has 1 saturated heterocycles. The Morgan fingerprint density at radius 1 is 1.02 bits per heavy atom. The van der Waals surface area contributed by atoms with Crippen LogP contribution in [0.4, 0.5) is 0 Å². The number of amidine groups is 2. The summed E-state index contributed by atoms with van der Waals surface area (Å²) in [7, 11) is 1.70. The largest absolute Gasteiger partial charge is 0.352 e. The third-order valence-corrected chi connectivity index (χ3v) is 9.92. The maximum Gasteiger partial charge on any atom is 0.258 e. The monoisotopic (exact) mass is 746 g/mol. The molecule has 1 fully saturated rings. The van der Waals surface area contributed by atoms with Gasteiger partial charge in [-0.3, -0.25) is 63.9 Å². The number of nitrogens with zero attached hydrogens (tertiary/aromatic N) is 4. The summed E-state index contributed by atoms with van der Waals surface area (Å²) in [6.07, 6.45) is 15.8. The quantitative estimate of drug-likeness (QED) is 0.0550. The molecule has 6 atom stereocenters. The predicted molar refractivity (Wildman–Crippen MR) is 200 cm³/mol. The second-order valence-electron chi connectivity index (χ2n) is 13.7. The number of amides is 7. The van der Waals surface area contributed by atoms with E-state index in [1.54, 1.807) is 62.3 Å². The molecule has 16 heteroatoms. The molecule has 290 valence electrons. The molecule has 0 aromatic rings. The zero-order chi connectivity index (χ0) is 39.4. The summed E-state index contributed by atoms with van der Waals surface area (Å²) in [6, 6.07) is -3.92. The first kappa shape index (κ1) is 41.2. The highest BCUT2D eigenvalue weighted by molar-refractivity contribution is 6.12. The lowest BCUT2D eigenvalue weighted by Crippen LogP contribution is -2.57. The smallest absolute Gasteiger partial charge is 0.258 e. The molecule has 2 aliphatic heterocycles. The zero-order valence-corrected chi connectivity index (χ0v) is 31.2. The van der Waals surface area contributed by atoms with Crippen LogP contribution < -0.4 is 21.3 Å². The number of nitrogens with one attached hydrogen (secondary N) is 4. The van der Waals surface area contributed by atoms with Crippen LogP contribution in [0.15, 0.2) is 57.6 Å². The molecule has 0 spiro atoms. The van der Waals surface area contributed by atoms with Crippen LogP contribution >= 0.6 is 0 Å². The number of aliphatic imine (C=N–C) groups is 2. The molecule has 2 heterocycles. The first-order valence-electron chi connectivity index (χ1n) is 18.4. The maximum atomic E-state index is 13.5. The van der Waals surface area contributed by atoms with Gasteiger partial charge < -0.3 is 15.5 Å². The van der Waals surface area contributed by atoms with E-state index >= 15 is 0 Å². The van der Waals surface area contributed by atoms with Crippen molar-refractivity contribution in [2.45, 2.75) is 121 Å². The lowest BCUT2D eigenvalue weighted by Gasteiger charge is -2.38. The van der Waals surface area contributed by atoms with Gasteiger partial charge in [-0.1, -0.05) is 62.6 Å². The summed E-state index contributed by atoms with van der Waals surface area (Å²) in [5.41, 5.74) is 0.731. The number of allylic oxidation sites excluding steroid dienone is 4. The minimum Gasteiger partial charge on any atom is -0.352 e. The van der Waals surface area contributed by atoms with Crippen molar-refractivity contribution in [3.05, 3.63) is 47.6 Å². The molecule has 2 aliphatic carbocycles. The van der Waals surface area contributed by atoms with Crippen molar-refractivity contribution in [2.24, 2.45) is 9.98 Å². The number of hydrogen-bond acceptors (Lipinski definition) is 10. The average molecular weight is 747 g/mol. The van der Waals surface area contributed by atoms with E-state index in [-0.39, 0.29) is 37.0 Å². The van der Waals surface area contributed by atoms with E-state index < -0.39 is 54.0 Å². The number of piperidine rings is 1. The van der Waals surface area contributed by atoms with Gasteiger partial charge in [-0.05, 0) is 39.5 Å². The van der Waals surface area contributed by atoms with Gasteiger partial charge in [-0.25, -0.2) is 0 Å². The molecular weight excluding hydrogens is 696 g/mol. The first-order chi connectivity index (χ1) is 25.9. The average Bonchev–Trinajstić information content (AvgIpc) is 3.13. The van der Waals surface area contributed by atoms with Crippen LogP contribution in [0.5, 0.6) is 0 Å². The van der Waals surface area contributed by atoms with Crippen molar-refractivity contribution in [3.8, 4) is 0 Å². The Bertz CT molecular complexity index is 1690. The lowest BCUT2D eigenvalue weighted by molar-refractivity contribution is -0.136. The molecule has 6 unspecified atom stereocenters. The summed E-state index contributed by atoms with van der Waals surface area (Å²) in [4.78, 5) is 111. The van der Waals surface area contributed by atoms with E-state index in [0.717, 1.165) is 0 Å². The highest BCUT2D eigenvalue weighted by Crippen LogP contribution is 2.27. The van der Waals surface area contributed by atoms with Gasteiger partial charge in [-0.15, -0.1) is 0 Å². The number of rotatable bonds is 17. The fourth-order valence-electron chi connectivity index (χ4n) is 6.97. The zero-order valence-electron chi connectivity index (χ0n) is 31.2. The van der Waals surface area contributed by atoms with Gasteiger partial charge >= 0.3 is 0 Å². The van der Waals surface area contributed by atoms with Gasteiger partial charge in [0.15, 0.2) is 0 Å². The summed E-state index contributed by atoms with van der Waals surface area (Å²) in [5, 5.41) is 10.4. The fourth-order valence-corrected chi connectivity index (χ4v) is 6.97. The molecule has 0 saturated carbocycles. The molecule has 16 nitrogen and oxygen atoms in total. The van der Waals surface area contributed by atoms with Crippen molar-refractivity contribution in [1.29, 1.82) is 0 Å². The number of unbranched alkanes of at least 4 members (excludes halogenated alkanes) is 3. The highest BCUT2D eigenvalue weighted by atomic mass is 16.2. The van der Waals surface area contributed by atoms with Crippen LogP contribution in [0, 0.1) is 0 Å². The van der Waals surface area contributed by atoms with Crippen LogP contribution in [-0.4, -0.2) is 113 Å². The Kier molecular flexibility index (Phi) is 14.9. The molecule has 0 aromatic carbocycles. The second kappa shape index (κ2) is 19.5. The molecule has 0 aromatic heterocycles. The van der Waals surface area contributed by atoms with Crippen molar-refractivity contribution in [2.75, 3.05) is 7.05 Å². The topological polar surface area (TPSA) is 216 Å². The van der Waals surface area contributed by atoms with Gasteiger partial charge in [0.1, 0.15) is 36.3 Å². The summed E-state index contributed by atoms with van der Waals surface area (Å²) in [6.45, 7) is 5.22. The third kappa shape index (κ3) is 10.3. The molecule has 4 rings (SSSR count). The maximum absolute atomic E-state index is 13.5. The van der Waals surface area contributed by atoms with Gasteiger partial charge in [0.2, 0.25) is 35.9 Å². The number of imide groups is 2. The van der Waals surface area contributed by atoms with Gasteiger partial charge in [0.25, 0.3) is 5.91 Å². The Balaban J connectivity index is 1.22. The Morgan fingerprint density at radius 2 is 1.67 bits per heavy atom. The van der Waals surface area contributed by atoms with Crippen molar-refractivity contribution in [1.82, 2.24) is 31.1 Å². The molecule has 4 N–H and O–H groups in total. The van der Waals surface area contributed by atoms with Crippen LogP contribution in [-0.2, 0) is 38.4 Å². The fraction of sp³-hybridized carbons (Fsp3) is 0.526. The van der Waals surface area contributed by atoms with Crippen molar-refractivity contribution >= 4 is 59.8 Å². The van der Waals surface area contributed by atoms with Crippen molar-refractivity contribution < 1.29 is 38.4 Å². The Hall–Kier alpha value is -5.54. The van der Waals surface area contributed by atoms with E-state index in [0.29, 0.717) is 80.5 Å². The molecule has 4 aliphatic rings. The van der Waals surface area contributed by atoms with Crippen LogP contribution in [0.3, 0.4) is 0 Å². The number of carbonyl (C=O) groups is 8. The minimum atomic E-state index is -0.888. The number of fused-ring (bicyclic) bond motifs is 1. The number of hydrogen-bond donors (Lipinski definition) is 4. The SMILES string of the molecule is CCCC(C(=O)NC=O)N1C(=O)C2=CC=CC(NC(=O)CCCCCCC(=O)NC3C=CC=C(C=O)C3N=C(C)N(C)C3CCC(=O)NC3=O)C2N=C1C. The normalized spacial score (nSPS) is 24.3. The summed E-state index contributed by atoms with van der Waals surface area (Å²) < 4.78 is 0. The van der Waals surface area contributed by atoms with E-state index in [4.69, 9.17) is 4.99 Å². The van der Waals surface area contributed by atoms with Crippen LogP contribution in [0.2, 0.25) is 0 Å². The van der Waals surface area contributed by atoms with E-state index in [1.165, 1.54) is 4.90 Å². The third-order valence-electron chi connectivity index (χ3n) is 9.92. The van der Waals surface area contributed by atoms with Gasteiger partial charge in [0.05, 0.1) is 17.9 Å².